The van der Waals surface area contributed by atoms with Crippen molar-refractivity contribution in [3.63, 3.8) is 0 Å². The van der Waals surface area contributed by atoms with E-state index in [4.69, 9.17) is 0 Å². The molecule has 0 radical (unpaired) electrons. The van der Waals surface area contributed by atoms with Crippen LogP contribution in [0.3, 0.4) is 0 Å². The van der Waals surface area contributed by atoms with Gasteiger partial charge in [0.05, 0.1) is 17.2 Å². The minimum absolute atomic E-state index is 0.167. The molecular weight excluding hydrogens is 332 g/mol. The number of carbonyl (C=O) groups is 1. The van der Waals surface area contributed by atoms with E-state index in [-0.39, 0.29) is 17.4 Å². The lowest BCUT2D eigenvalue weighted by molar-refractivity contribution is 0.0699. The van der Waals surface area contributed by atoms with Crippen LogP contribution in [0.25, 0.3) is 10.9 Å². The van der Waals surface area contributed by atoms with E-state index in [0.717, 1.165) is 16.5 Å². The van der Waals surface area contributed by atoms with Crippen LogP contribution in [0, 0.1) is 0 Å². The van der Waals surface area contributed by atoms with Gasteiger partial charge in [-0.15, -0.1) is 0 Å². The Hall–Kier alpha value is -2.83. The molecule has 0 aliphatic rings. The van der Waals surface area contributed by atoms with Gasteiger partial charge in [-0.3, -0.25) is 0 Å². The summed E-state index contributed by atoms with van der Waals surface area (Å²) in [6.45, 7) is 2.54. The van der Waals surface area contributed by atoms with Crippen molar-refractivity contribution in [2.75, 3.05) is 6.54 Å². The van der Waals surface area contributed by atoms with Crippen LogP contribution in [0.2, 0.25) is 0 Å². The number of fused-ring (bicyclic) bond motifs is 1. The summed E-state index contributed by atoms with van der Waals surface area (Å²) in [6, 6.07) is 11.6. The van der Waals surface area contributed by atoms with Gasteiger partial charge in [0.2, 0.25) is 0 Å². The molecule has 3 aromatic rings. The average molecular weight is 354 g/mol. The second-order valence-electron chi connectivity index (χ2n) is 6.38. The van der Waals surface area contributed by atoms with Crippen molar-refractivity contribution in [3.8, 4) is 5.75 Å². The lowest BCUT2D eigenvalue weighted by Crippen LogP contribution is -2.33. The molecule has 136 valence electrons. The Balaban J connectivity index is 1.63. The zero-order valence-electron chi connectivity index (χ0n) is 14.4. The highest BCUT2D eigenvalue weighted by Crippen LogP contribution is 2.23. The lowest BCUT2D eigenvalue weighted by Gasteiger charge is -2.20. The number of aromatic hydroxyl groups is 1. The molecule has 2 atom stereocenters. The molecule has 3 rings (SSSR count). The molecule has 1 aromatic heterocycles. The third kappa shape index (κ3) is 3.71. The monoisotopic (exact) mass is 354 g/mol. The highest BCUT2D eigenvalue weighted by atomic mass is 16.4. The number of aliphatic hydroxyl groups is 1. The molecule has 0 bridgehead atoms. The van der Waals surface area contributed by atoms with Gasteiger partial charge in [-0.1, -0.05) is 24.3 Å². The summed E-state index contributed by atoms with van der Waals surface area (Å²) in [5.74, 6) is -0.783. The number of para-hydroxylation sites is 1. The number of aromatic nitrogens is 1. The third-order valence-corrected chi connectivity index (χ3v) is 4.60. The predicted molar refractivity (Wildman–Crippen MR) is 99.5 cm³/mol. The number of phenols is 1. The van der Waals surface area contributed by atoms with Gasteiger partial charge in [0.1, 0.15) is 5.75 Å². The number of phenolic OH excluding ortho intramolecular Hbond substituents is 1. The topological polar surface area (TPSA) is 106 Å². The van der Waals surface area contributed by atoms with Crippen LogP contribution in [0.4, 0.5) is 0 Å². The van der Waals surface area contributed by atoms with Crippen LogP contribution < -0.4 is 5.32 Å². The molecule has 0 amide bonds. The molecule has 0 aliphatic heterocycles. The van der Waals surface area contributed by atoms with E-state index in [0.29, 0.717) is 18.5 Å². The number of hydrogen-bond acceptors (Lipinski definition) is 4. The molecule has 0 saturated carbocycles. The minimum atomic E-state index is -0.951. The number of aromatic carboxylic acids is 1. The van der Waals surface area contributed by atoms with E-state index in [1.54, 1.807) is 36.4 Å². The molecule has 6 heteroatoms. The van der Waals surface area contributed by atoms with Crippen molar-refractivity contribution in [3.05, 3.63) is 65.4 Å². The normalized spacial score (nSPS) is 13.6. The summed E-state index contributed by atoms with van der Waals surface area (Å²) in [6.07, 6.45) is 1.85. The maximum atomic E-state index is 11.3. The van der Waals surface area contributed by atoms with Gasteiger partial charge in [-0.05, 0) is 49.2 Å². The number of H-pyrrole nitrogens is 1. The van der Waals surface area contributed by atoms with Crippen LogP contribution in [0.5, 0.6) is 5.75 Å². The Morgan fingerprint density at radius 1 is 1.19 bits per heavy atom. The Bertz CT molecular complexity index is 902. The molecule has 0 spiro atoms. The van der Waals surface area contributed by atoms with Crippen LogP contribution in [-0.2, 0) is 6.42 Å². The molecule has 5 N–H and O–H groups in total. The molecule has 0 unspecified atom stereocenters. The second kappa shape index (κ2) is 7.59. The van der Waals surface area contributed by atoms with E-state index in [2.05, 4.69) is 10.3 Å². The number of rotatable bonds is 7. The van der Waals surface area contributed by atoms with Crippen molar-refractivity contribution in [1.82, 2.24) is 10.3 Å². The standard InChI is InChI=1S/C20H22N2O4/c1-12(19(24)13-5-7-15(23)8-6-13)21-10-9-14-11-22-18-16(14)3-2-4-17(18)20(25)26/h2-8,11-12,19,21-24H,9-10H2,1H3,(H,25,26)/t12-,19+/m0/s1. The van der Waals surface area contributed by atoms with E-state index in [9.17, 15) is 20.1 Å². The van der Waals surface area contributed by atoms with Crippen LogP contribution in [0.1, 0.15) is 34.5 Å². The molecule has 26 heavy (non-hydrogen) atoms. The quantitative estimate of drug-likeness (QED) is 0.449. The fraction of sp³-hybridized carbons (Fsp3) is 0.250. The fourth-order valence-electron chi connectivity index (χ4n) is 3.10. The first-order valence-electron chi connectivity index (χ1n) is 8.50. The molecule has 0 saturated heterocycles. The van der Waals surface area contributed by atoms with Crippen molar-refractivity contribution in [1.29, 1.82) is 0 Å². The Morgan fingerprint density at radius 3 is 2.62 bits per heavy atom. The van der Waals surface area contributed by atoms with Gasteiger partial charge >= 0.3 is 5.97 Å². The number of hydrogen-bond donors (Lipinski definition) is 5. The van der Waals surface area contributed by atoms with Crippen LogP contribution in [0.15, 0.2) is 48.7 Å². The zero-order chi connectivity index (χ0) is 18.7. The molecular formula is C20H22N2O4. The smallest absolute Gasteiger partial charge is 0.337 e. The van der Waals surface area contributed by atoms with Crippen LogP contribution in [-0.4, -0.2) is 38.9 Å². The van der Waals surface area contributed by atoms with Crippen molar-refractivity contribution in [2.24, 2.45) is 0 Å². The summed E-state index contributed by atoms with van der Waals surface area (Å²) in [7, 11) is 0. The van der Waals surface area contributed by atoms with E-state index >= 15 is 0 Å². The summed E-state index contributed by atoms with van der Waals surface area (Å²) in [4.78, 5) is 14.3. The lowest BCUT2D eigenvalue weighted by atomic mass is 10.0. The van der Waals surface area contributed by atoms with Gasteiger partial charge < -0.3 is 25.6 Å². The van der Waals surface area contributed by atoms with Gasteiger partial charge in [0.25, 0.3) is 0 Å². The maximum absolute atomic E-state index is 11.3. The Labute approximate surface area is 151 Å². The predicted octanol–water partition coefficient (Wildman–Crippen LogP) is 2.83. The molecule has 6 nitrogen and oxygen atoms in total. The highest BCUT2D eigenvalue weighted by molar-refractivity contribution is 6.02. The summed E-state index contributed by atoms with van der Waals surface area (Å²) >= 11 is 0. The summed E-state index contributed by atoms with van der Waals surface area (Å²) in [5, 5.41) is 33.2. The van der Waals surface area contributed by atoms with Crippen molar-refractivity contribution >= 4 is 16.9 Å². The third-order valence-electron chi connectivity index (χ3n) is 4.60. The SMILES string of the molecule is C[C@H](NCCc1c[nH]c2c(C(=O)O)cccc12)[C@@H](O)c1ccc(O)cc1. The minimum Gasteiger partial charge on any atom is -0.508 e. The van der Waals surface area contributed by atoms with Gasteiger partial charge in [0, 0.05) is 17.6 Å². The number of nitrogens with one attached hydrogen (secondary N) is 2. The average Bonchev–Trinajstić information content (AvgIpc) is 3.04. The number of benzene rings is 2. The van der Waals surface area contributed by atoms with E-state index in [1.165, 1.54) is 0 Å². The van der Waals surface area contributed by atoms with Gasteiger partial charge in [0.15, 0.2) is 0 Å². The van der Waals surface area contributed by atoms with Gasteiger partial charge in [-0.25, -0.2) is 4.79 Å². The number of aromatic amines is 1. The molecule has 2 aromatic carbocycles. The van der Waals surface area contributed by atoms with E-state index in [1.807, 2.05) is 19.2 Å². The summed E-state index contributed by atoms with van der Waals surface area (Å²) in [5.41, 5.74) is 2.66. The molecule has 1 heterocycles. The maximum Gasteiger partial charge on any atom is 0.337 e. The summed E-state index contributed by atoms with van der Waals surface area (Å²) < 4.78 is 0. The Kier molecular flexibility index (Phi) is 5.25. The fourth-order valence-corrected chi connectivity index (χ4v) is 3.10. The van der Waals surface area contributed by atoms with Crippen molar-refractivity contribution < 1.29 is 20.1 Å². The van der Waals surface area contributed by atoms with Gasteiger partial charge in [-0.2, -0.15) is 0 Å². The first-order valence-corrected chi connectivity index (χ1v) is 8.50. The number of carboxylic acid groups (broad SMARTS) is 1. The number of aliphatic hydroxyl groups excluding tert-OH is 1. The highest BCUT2D eigenvalue weighted by Gasteiger charge is 2.16. The molecule has 0 fully saturated rings. The number of carboxylic acids is 1. The second-order valence-corrected chi connectivity index (χ2v) is 6.38. The first-order chi connectivity index (χ1) is 12.5. The largest absolute Gasteiger partial charge is 0.508 e. The van der Waals surface area contributed by atoms with E-state index < -0.39 is 12.1 Å². The first kappa shape index (κ1) is 18.0. The van der Waals surface area contributed by atoms with Crippen LogP contribution >= 0.6 is 0 Å². The Morgan fingerprint density at radius 2 is 1.92 bits per heavy atom. The molecule has 0 aliphatic carbocycles. The zero-order valence-corrected chi connectivity index (χ0v) is 14.4. The van der Waals surface area contributed by atoms with Crippen molar-refractivity contribution in [2.45, 2.75) is 25.5 Å².